The molecule has 1 fully saturated rings. The van der Waals surface area contributed by atoms with Gasteiger partial charge in [-0.1, -0.05) is 0 Å². The number of rotatable bonds is 3. The summed E-state index contributed by atoms with van der Waals surface area (Å²) >= 11 is 0. The second-order valence-corrected chi connectivity index (χ2v) is 3.29. The number of hydrogen-bond acceptors (Lipinski definition) is 2. The van der Waals surface area contributed by atoms with Crippen molar-refractivity contribution in [3.05, 3.63) is 0 Å². The number of alkyl halides is 2. The van der Waals surface area contributed by atoms with E-state index >= 15 is 0 Å². The van der Waals surface area contributed by atoms with Crippen molar-refractivity contribution in [3.8, 4) is 0 Å². The second-order valence-electron chi connectivity index (χ2n) is 3.29. The number of carbonyl (C=O) groups is 1. The second kappa shape index (κ2) is 4.50. The average Bonchev–Trinajstić information content (AvgIpc) is 2.52. The van der Waals surface area contributed by atoms with Crippen molar-refractivity contribution in [2.75, 3.05) is 26.7 Å². The Morgan fingerprint density at radius 3 is 2.85 bits per heavy atom. The molecule has 5 heteroatoms. The lowest BCUT2D eigenvalue weighted by molar-refractivity contribution is -0.121. The van der Waals surface area contributed by atoms with Gasteiger partial charge in [-0.05, 0) is 13.0 Å². The van der Waals surface area contributed by atoms with E-state index in [1.807, 2.05) is 0 Å². The van der Waals surface area contributed by atoms with Crippen LogP contribution in [0.3, 0.4) is 0 Å². The van der Waals surface area contributed by atoms with Crippen LogP contribution >= 0.6 is 0 Å². The van der Waals surface area contributed by atoms with Gasteiger partial charge < -0.3 is 5.32 Å². The summed E-state index contributed by atoms with van der Waals surface area (Å²) in [5.74, 6) is -0.667. The molecule has 0 saturated carbocycles. The van der Waals surface area contributed by atoms with Crippen LogP contribution < -0.4 is 5.32 Å². The maximum absolute atomic E-state index is 12.2. The lowest BCUT2D eigenvalue weighted by atomic mass is 10.1. The molecule has 0 aromatic rings. The fourth-order valence-corrected chi connectivity index (χ4v) is 1.49. The van der Waals surface area contributed by atoms with Crippen molar-refractivity contribution in [3.63, 3.8) is 0 Å². The van der Waals surface area contributed by atoms with Crippen LogP contribution in [0.2, 0.25) is 0 Å². The zero-order chi connectivity index (χ0) is 9.84. The van der Waals surface area contributed by atoms with Gasteiger partial charge >= 0.3 is 0 Å². The highest BCUT2D eigenvalue weighted by Gasteiger charge is 2.29. The first-order valence-electron chi connectivity index (χ1n) is 4.34. The van der Waals surface area contributed by atoms with Gasteiger partial charge in [-0.15, -0.1) is 0 Å². The maximum atomic E-state index is 12.2. The van der Waals surface area contributed by atoms with Gasteiger partial charge in [0.15, 0.2) is 0 Å². The minimum absolute atomic E-state index is 0.116. The summed E-state index contributed by atoms with van der Waals surface area (Å²) < 4.78 is 24.4. The van der Waals surface area contributed by atoms with E-state index in [1.54, 1.807) is 11.9 Å². The quantitative estimate of drug-likeness (QED) is 0.698. The number of likely N-dealkylation sites (tertiary alicyclic amines) is 1. The lowest BCUT2D eigenvalue weighted by Crippen LogP contribution is -2.34. The third-order valence-electron chi connectivity index (χ3n) is 2.31. The Morgan fingerprint density at radius 2 is 2.38 bits per heavy atom. The zero-order valence-corrected chi connectivity index (χ0v) is 7.59. The molecule has 0 bridgehead atoms. The Labute approximate surface area is 76.1 Å². The monoisotopic (exact) mass is 192 g/mol. The summed E-state index contributed by atoms with van der Waals surface area (Å²) in [6.07, 6.45) is -1.76. The minimum Gasteiger partial charge on any atom is -0.358 e. The van der Waals surface area contributed by atoms with Gasteiger partial charge in [0, 0.05) is 19.5 Å². The van der Waals surface area contributed by atoms with Crippen molar-refractivity contribution < 1.29 is 13.6 Å². The summed E-state index contributed by atoms with van der Waals surface area (Å²) in [7, 11) is 1.54. The predicted molar refractivity (Wildman–Crippen MR) is 44.6 cm³/mol. The van der Waals surface area contributed by atoms with Gasteiger partial charge in [0.1, 0.15) is 0 Å². The molecular formula is C8H14F2N2O. The Balaban J connectivity index is 2.29. The van der Waals surface area contributed by atoms with Gasteiger partial charge in [-0.25, -0.2) is 8.78 Å². The molecule has 0 aromatic heterocycles. The number of nitrogens with zero attached hydrogens (tertiary/aromatic N) is 1. The first-order valence-corrected chi connectivity index (χ1v) is 4.34. The molecule has 13 heavy (non-hydrogen) atoms. The van der Waals surface area contributed by atoms with E-state index < -0.39 is 12.3 Å². The zero-order valence-electron chi connectivity index (χ0n) is 7.59. The Hall–Kier alpha value is -0.710. The van der Waals surface area contributed by atoms with Crippen LogP contribution in [-0.4, -0.2) is 43.9 Å². The summed E-state index contributed by atoms with van der Waals surface area (Å²) in [5, 5.41) is 2.47. The first kappa shape index (κ1) is 10.4. The van der Waals surface area contributed by atoms with Crippen LogP contribution in [0.5, 0.6) is 0 Å². The van der Waals surface area contributed by atoms with Crippen LogP contribution in [0.1, 0.15) is 6.42 Å². The number of carbonyl (C=O) groups excluding carboxylic acids is 1. The highest BCUT2D eigenvalue weighted by atomic mass is 19.3. The van der Waals surface area contributed by atoms with Crippen LogP contribution in [0, 0.1) is 5.92 Å². The molecule has 76 valence electrons. The standard InChI is InChI=1S/C8H14F2N2O/c1-11-7(13)5-12-3-2-6(4-12)8(9)10/h6,8H,2-5H2,1H3,(H,11,13). The number of halogens is 2. The highest BCUT2D eigenvalue weighted by molar-refractivity contribution is 5.77. The van der Waals surface area contributed by atoms with Crippen molar-refractivity contribution in [1.29, 1.82) is 0 Å². The van der Waals surface area contributed by atoms with E-state index in [2.05, 4.69) is 5.32 Å². The van der Waals surface area contributed by atoms with E-state index in [0.717, 1.165) is 0 Å². The molecule has 1 aliphatic rings. The topological polar surface area (TPSA) is 32.3 Å². The largest absolute Gasteiger partial charge is 0.358 e. The molecule has 0 aliphatic carbocycles. The maximum Gasteiger partial charge on any atom is 0.242 e. The van der Waals surface area contributed by atoms with Crippen LogP contribution in [0.15, 0.2) is 0 Å². The average molecular weight is 192 g/mol. The number of hydrogen-bond donors (Lipinski definition) is 1. The van der Waals surface area contributed by atoms with Crippen molar-refractivity contribution >= 4 is 5.91 Å². The third-order valence-corrected chi connectivity index (χ3v) is 2.31. The molecule has 3 nitrogen and oxygen atoms in total. The Bertz CT molecular complexity index is 187. The van der Waals surface area contributed by atoms with E-state index in [9.17, 15) is 13.6 Å². The fraction of sp³-hybridized carbons (Fsp3) is 0.875. The molecule has 1 N–H and O–H groups in total. The molecule has 1 aliphatic heterocycles. The number of amides is 1. The van der Waals surface area contributed by atoms with E-state index in [4.69, 9.17) is 0 Å². The summed E-state index contributed by atoms with van der Waals surface area (Å²) in [6, 6.07) is 0. The van der Waals surface area contributed by atoms with Gasteiger partial charge in [-0.3, -0.25) is 9.69 Å². The molecule has 1 atom stereocenters. The Kier molecular flexibility index (Phi) is 3.59. The molecule has 0 radical (unpaired) electrons. The molecule has 1 heterocycles. The third kappa shape index (κ3) is 2.91. The van der Waals surface area contributed by atoms with E-state index in [-0.39, 0.29) is 12.5 Å². The van der Waals surface area contributed by atoms with E-state index in [1.165, 1.54) is 0 Å². The normalized spacial score (nSPS) is 23.8. The van der Waals surface area contributed by atoms with Gasteiger partial charge in [0.2, 0.25) is 12.3 Å². The molecular weight excluding hydrogens is 178 g/mol. The van der Waals surface area contributed by atoms with Crippen molar-refractivity contribution in [2.45, 2.75) is 12.8 Å². The summed E-state index contributed by atoms with van der Waals surface area (Å²) in [4.78, 5) is 12.7. The van der Waals surface area contributed by atoms with Crippen LogP contribution in [0.4, 0.5) is 8.78 Å². The summed E-state index contributed by atoms with van der Waals surface area (Å²) in [6.45, 7) is 1.17. The molecule has 1 saturated heterocycles. The van der Waals surface area contributed by atoms with E-state index in [0.29, 0.717) is 19.5 Å². The molecule has 0 aromatic carbocycles. The SMILES string of the molecule is CNC(=O)CN1CCC(C(F)F)C1. The van der Waals surface area contributed by atoms with Crippen LogP contribution in [0.25, 0.3) is 0 Å². The van der Waals surface area contributed by atoms with Gasteiger partial charge in [0.05, 0.1) is 6.54 Å². The predicted octanol–water partition coefficient (Wildman–Crippen LogP) is 0.319. The molecule has 1 unspecified atom stereocenters. The Morgan fingerprint density at radius 1 is 1.69 bits per heavy atom. The molecule has 1 amide bonds. The minimum atomic E-state index is -2.25. The van der Waals surface area contributed by atoms with Gasteiger partial charge in [-0.2, -0.15) is 0 Å². The summed E-state index contributed by atoms with van der Waals surface area (Å²) in [5.41, 5.74) is 0. The van der Waals surface area contributed by atoms with Gasteiger partial charge in [0.25, 0.3) is 0 Å². The number of nitrogens with one attached hydrogen (secondary N) is 1. The lowest BCUT2D eigenvalue weighted by Gasteiger charge is -2.14. The number of likely N-dealkylation sites (N-methyl/N-ethyl adjacent to an activating group) is 1. The van der Waals surface area contributed by atoms with Crippen LogP contribution in [-0.2, 0) is 4.79 Å². The first-order chi connectivity index (χ1) is 6.13. The van der Waals surface area contributed by atoms with Crippen molar-refractivity contribution in [1.82, 2.24) is 10.2 Å². The molecule has 1 rings (SSSR count). The fourth-order valence-electron chi connectivity index (χ4n) is 1.49. The smallest absolute Gasteiger partial charge is 0.242 e. The highest BCUT2D eigenvalue weighted by Crippen LogP contribution is 2.21. The van der Waals surface area contributed by atoms with Crippen molar-refractivity contribution in [2.24, 2.45) is 5.92 Å². The molecule has 0 spiro atoms.